The Labute approximate surface area is 134 Å². The van der Waals surface area contributed by atoms with E-state index >= 15 is 0 Å². The minimum absolute atomic E-state index is 0.0917. The normalized spacial score (nSPS) is 12.5. The van der Waals surface area contributed by atoms with Crippen molar-refractivity contribution >= 4 is 27.5 Å². The highest BCUT2D eigenvalue weighted by molar-refractivity contribution is 9.10. The van der Waals surface area contributed by atoms with E-state index in [0.717, 1.165) is 12.1 Å². The van der Waals surface area contributed by atoms with Crippen LogP contribution in [0.3, 0.4) is 0 Å². The summed E-state index contributed by atoms with van der Waals surface area (Å²) in [6.07, 6.45) is 0. The largest absolute Gasteiger partial charge is 0.306 e. The first-order chi connectivity index (χ1) is 9.97. The van der Waals surface area contributed by atoms with Crippen molar-refractivity contribution in [3.8, 4) is 0 Å². The molecule has 0 saturated carbocycles. The molecule has 0 saturated heterocycles. The van der Waals surface area contributed by atoms with E-state index < -0.39 is 23.5 Å². The predicted molar refractivity (Wildman–Crippen MR) is 81.0 cm³/mol. The summed E-state index contributed by atoms with van der Waals surface area (Å²) in [4.78, 5) is 0. The lowest BCUT2D eigenvalue weighted by Crippen LogP contribution is -2.25. The van der Waals surface area contributed by atoms with Crippen molar-refractivity contribution in [3.63, 3.8) is 0 Å². The number of hydrogen-bond acceptors (Lipinski definition) is 1. The van der Waals surface area contributed by atoms with E-state index in [-0.39, 0.29) is 16.1 Å². The molecular weight excluding hydrogens is 367 g/mol. The van der Waals surface area contributed by atoms with Gasteiger partial charge in [-0.1, -0.05) is 30.7 Å². The summed E-state index contributed by atoms with van der Waals surface area (Å²) in [5, 5.41) is 2.77. The standard InChI is InChI=1S/C15H12BrClF3N/c1-2-21-15(12-10(18)4-3-5-11(12)19)8-6-7-9(16)13(17)14(8)20/h3-7,15,21H,2H2,1H3. The van der Waals surface area contributed by atoms with E-state index in [4.69, 9.17) is 11.6 Å². The Morgan fingerprint density at radius 3 is 2.33 bits per heavy atom. The average molecular weight is 379 g/mol. The summed E-state index contributed by atoms with van der Waals surface area (Å²) in [7, 11) is 0. The second-order valence-electron chi connectivity index (χ2n) is 4.39. The van der Waals surface area contributed by atoms with Crippen LogP contribution in [0.4, 0.5) is 13.2 Å². The zero-order chi connectivity index (χ0) is 15.6. The molecule has 1 atom stereocenters. The molecule has 6 heteroatoms. The number of halogens is 5. The highest BCUT2D eigenvalue weighted by atomic mass is 79.9. The van der Waals surface area contributed by atoms with Crippen molar-refractivity contribution < 1.29 is 13.2 Å². The Morgan fingerprint density at radius 1 is 1.14 bits per heavy atom. The molecule has 0 radical (unpaired) electrons. The van der Waals surface area contributed by atoms with Gasteiger partial charge in [-0.25, -0.2) is 13.2 Å². The molecule has 1 N–H and O–H groups in total. The lowest BCUT2D eigenvalue weighted by atomic mass is 9.97. The zero-order valence-electron chi connectivity index (χ0n) is 11.1. The summed E-state index contributed by atoms with van der Waals surface area (Å²) in [5.74, 6) is -2.18. The molecule has 0 fully saturated rings. The van der Waals surface area contributed by atoms with Gasteiger partial charge in [-0.3, -0.25) is 0 Å². The molecule has 0 aromatic heterocycles. The van der Waals surface area contributed by atoms with Gasteiger partial charge in [0.1, 0.15) is 17.5 Å². The predicted octanol–water partition coefficient (Wildman–Crippen LogP) is 5.22. The molecule has 2 rings (SSSR count). The van der Waals surface area contributed by atoms with Gasteiger partial charge in [-0.2, -0.15) is 0 Å². The van der Waals surface area contributed by atoms with Gasteiger partial charge in [0.05, 0.1) is 11.1 Å². The highest BCUT2D eigenvalue weighted by Gasteiger charge is 2.25. The number of nitrogens with one attached hydrogen (secondary N) is 1. The van der Waals surface area contributed by atoms with Gasteiger partial charge in [-0.15, -0.1) is 0 Å². The third-order valence-electron chi connectivity index (χ3n) is 3.07. The molecule has 0 aliphatic carbocycles. The average Bonchev–Trinajstić information content (AvgIpc) is 2.44. The second kappa shape index (κ2) is 6.81. The number of rotatable bonds is 4. The molecular formula is C15H12BrClF3N. The quantitative estimate of drug-likeness (QED) is 0.719. The minimum atomic E-state index is -0.957. The van der Waals surface area contributed by atoms with Crippen LogP contribution in [0.5, 0.6) is 0 Å². The maximum Gasteiger partial charge on any atom is 0.148 e. The van der Waals surface area contributed by atoms with Gasteiger partial charge in [0.25, 0.3) is 0 Å². The fourth-order valence-corrected chi connectivity index (χ4v) is 2.60. The van der Waals surface area contributed by atoms with Crippen LogP contribution in [0, 0.1) is 17.5 Å². The first kappa shape index (κ1) is 16.3. The summed E-state index contributed by atoms with van der Waals surface area (Å²) in [5.41, 5.74) is -0.134. The summed E-state index contributed by atoms with van der Waals surface area (Å²) >= 11 is 8.97. The van der Waals surface area contributed by atoms with Gasteiger partial charge in [-0.05, 0) is 40.7 Å². The molecule has 0 heterocycles. The highest BCUT2D eigenvalue weighted by Crippen LogP contribution is 2.34. The third kappa shape index (κ3) is 3.25. The lowest BCUT2D eigenvalue weighted by molar-refractivity contribution is 0.495. The molecule has 0 bridgehead atoms. The molecule has 2 aromatic carbocycles. The first-order valence-corrected chi connectivity index (χ1v) is 7.45. The molecule has 0 amide bonds. The SMILES string of the molecule is CCNC(c1ccc(Br)c(Cl)c1F)c1c(F)cccc1F. The second-order valence-corrected chi connectivity index (χ2v) is 5.62. The first-order valence-electron chi connectivity index (χ1n) is 6.28. The van der Waals surface area contributed by atoms with E-state index in [1.807, 2.05) is 0 Å². The summed E-state index contributed by atoms with van der Waals surface area (Å²) < 4.78 is 42.7. The van der Waals surface area contributed by atoms with Crippen molar-refractivity contribution in [2.24, 2.45) is 0 Å². The van der Waals surface area contributed by atoms with E-state index in [1.54, 1.807) is 13.0 Å². The zero-order valence-corrected chi connectivity index (χ0v) is 13.4. The molecule has 0 aliphatic heterocycles. The van der Waals surface area contributed by atoms with Crippen LogP contribution in [0.2, 0.25) is 5.02 Å². The fourth-order valence-electron chi connectivity index (χ4n) is 2.12. The van der Waals surface area contributed by atoms with Gasteiger partial charge < -0.3 is 5.32 Å². The van der Waals surface area contributed by atoms with E-state index in [2.05, 4.69) is 21.2 Å². The molecule has 112 valence electrons. The molecule has 21 heavy (non-hydrogen) atoms. The van der Waals surface area contributed by atoms with Crippen LogP contribution in [0.1, 0.15) is 24.1 Å². The number of hydrogen-bond donors (Lipinski definition) is 1. The van der Waals surface area contributed by atoms with Crippen LogP contribution in [-0.2, 0) is 0 Å². The summed E-state index contributed by atoms with van der Waals surface area (Å²) in [6.45, 7) is 2.18. The van der Waals surface area contributed by atoms with Crippen molar-refractivity contribution in [2.75, 3.05) is 6.54 Å². The summed E-state index contributed by atoms with van der Waals surface area (Å²) in [6, 6.07) is 5.58. The van der Waals surface area contributed by atoms with Gasteiger partial charge in [0, 0.05) is 15.6 Å². The fraction of sp³-hybridized carbons (Fsp3) is 0.200. The molecule has 2 aromatic rings. The lowest BCUT2D eigenvalue weighted by Gasteiger charge is -2.21. The topological polar surface area (TPSA) is 12.0 Å². The van der Waals surface area contributed by atoms with Crippen molar-refractivity contribution in [1.82, 2.24) is 5.32 Å². The van der Waals surface area contributed by atoms with E-state index in [9.17, 15) is 13.2 Å². The Hall–Kier alpha value is -1.04. The molecule has 1 unspecified atom stereocenters. The van der Waals surface area contributed by atoms with E-state index in [1.165, 1.54) is 12.1 Å². The monoisotopic (exact) mass is 377 g/mol. The van der Waals surface area contributed by atoms with Gasteiger partial charge >= 0.3 is 0 Å². The van der Waals surface area contributed by atoms with Crippen LogP contribution in [-0.4, -0.2) is 6.54 Å². The Balaban J connectivity index is 2.62. The maximum absolute atomic E-state index is 14.3. The molecule has 0 spiro atoms. The Kier molecular flexibility index (Phi) is 5.30. The molecule has 0 aliphatic rings. The molecule has 1 nitrogen and oxygen atoms in total. The van der Waals surface area contributed by atoms with Crippen LogP contribution >= 0.6 is 27.5 Å². The third-order valence-corrected chi connectivity index (χ3v) is 4.33. The van der Waals surface area contributed by atoms with Crippen molar-refractivity contribution in [2.45, 2.75) is 13.0 Å². The maximum atomic E-state index is 14.3. The Morgan fingerprint density at radius 2 is 1.76 bits per heavy atom. The Bertz CT molecular complexity index is 643. The van der Waals surface area contributed by atoms with Crippen LogP contribution < -0.4 is 5.32 Å². The van der Waals surface area contributed by atoms with Crippen LogP contribution in [0.15, 0.2) is 34.8 Å². The van der Waals surface area contributed by atoms with Gasteiger partial charge in [0.15, 0.2) is 0 Å². The number of benzene rings is 2. The van der Waals surface area contributed by atoms with Gasteiger partial charge in [0.2, 0.25) is 0 Å². The van der Waals surface area contributed by atoms with Crippen molar-refractivity contribution in [1.29, 1.82) is 0 Å². The smallest absolute Gasteiger partial charge is 0.148 e. The minimum Gasteiger partial charge on any atom is -0.306 e. The van der Waals surface area contributed by atoms with Crippen molar-refractivity contribution in [3.05, 3.63) is 68.4 Å². The van der Waals surface area contributed by atoms with E-state index in [0.29, 0.717) is 11.0 Å². The van der Waals surface area contributed by atoms with Crippen LogP contribution in [0.25, 0.3) is 0 Å².